The Morgan fingerprint density at radius 2 is 2.37 bits per heavy atom. The van der Waals surface area contributed by atoms with Gasteiger partial charge in [-0.1, -0.05) is 24.8 Å². The second kappa shape index (κ2) is 8.20. The molecule has 1 aromatic carbocycles. The second-order valence-corrected chi connectivity index (χ2v) is 4.84. The van der Waals surface area contributed by atoms with E-state index < -0.39 is 0 Å². The van der Waals surface area contributed by atoms with Crippen LogP contribution in [0.2, 0.25) is 0 Å². The summed E-state index contributed by atoms with van der Waals surface area (Å²) in [5.74, 6) is 0.926. The number of piperazine rings is 1. The molecule has 3 nitrogen and oxygen atoms in total. The number of benzene rings is 1. The summed E-state index contributed by atoms with van der Waals surface area (Å²) in [6.07, 6.45) is 1.77. The van der Waals surface area contributed by atoms with E-state index in [1.807, 2.05) is 6.07 Å². The molecule has 2 rings (SSSR count). The Hall–Kier alpha value is -1.03. The number of halogens is 1. The van der Waals surface area contributed by atoms with Gasteiger partial charge in [0.15, 0.2) is 0 Å². The second-order valence-electron chi connectivity index (χ2n) is 4.84. The molecule has 1 heterocycles. The third kappa shape index (κ3) is 5.23. The summed E-state index contributed by atoms with van der Waals surface area (Å²) >= 11 is 0. The van der Waals surface area contributed by atoms with Crippen LogP contribution in [0.15, 0.2) is 36.9 Å². The third-order valence-electron chi connectivity index (χ3n) is 3.13. The van der Waals surface area contributed by atoms with Crippen LogP contribution in [0.4, 0.5) is 0 Å². The standard InChI is InChI=1S/C15H22N2O.ClH/c1-3-9-18-15-6-4-5-14(10-15)12-17-8-7-16-13(2)11-17;/h3-6,10,13,16H,1,7-9,11-12H2,2H3;1H. The van der Waals surface area contributed by atoms with E-state index in [0.29, 0.717) is 12.6 Å². The lowest BCUT2D eigenvalue weighted by Gasteiger charge is -2.31. The molecule has 0 radical (unpaired) electrons. The molecule has 1 aliphatic rings. The van der Waals surface area contributed by atoms with Gasteiger partial charge < -0.3 is 10.1 Å². The van der Waals surface area contributed by atoms with Crippen molar-refractivity contribution < 1.29 is 4.74 Å². The zero-order chi connectivity index (χ0) is 12.8. The number of ether oxygens (including phenoxy) is 1. The lowest BCUT2D eigenvalue weighted by atomic mass is 10.1. The first-order chi connectivity index (χ1) is 8.78. The molecule has 1 N–H and O–H groups in total. The molecular formula is C15H23ClN2O. The van der Waals surface area contributed by atoms with E-state index in [9.17, 15) is 0 Å². The van der Waals surface area contributed by atoms with Crippen molar-refractivity contribution in [3.8, 4) is 5.75 Å². The number of hydrogen-bond donors (Lipinski definition) is 1. The maximum atomic E-state index is 5.56. The molecule has 1 aliphatic heterocycles. The number of nitrogens with zero attached hydrogens (tertiary/aromatic N) is 1. The highest BCUT2D eigenvalue weighted by Gasteiger charge is 2.15. The molecule has 0 aliphatic carbocycles. The highest BCUT2D eigenvalue weighted by Crippen LogP contribution is 2.15. The van der Waals surface area contributed by atoms with Gasteiger partial charge in [0.05, 0.1) is 0 Å². The predicted molar refractivity (Wildman–Crippen MR) is 82.1 cm³/mol. The van der Waals surface area contributed by atoms with E-state index in [1.165, 1.54) is 5.56 Å². The molecule has 106 valence electrons. The van der Waals surface area contributed by atoms with Gasteiger partial charge in [-0.3, -0.25) is 4.90 Å². The Morgan fingerprint density at radius 3 is 3.11 bits per heavy atom. The molecule has 0 amide bonds. The van der Waals surface area contributed by atoms with E-state index in [4.69, 9.17) is 4.74 Å². The molecule has 19 heavy (non-hydrogen) atoms. The highest BCUT2D eigenvalue weighted by molar-refractivity contribution is 5.85. The monoisotopic (exact) mass is 282 g/mol. The Balaban J connectivity index is 0.00000180. The summed E-state index contributed by atoms with van der Waals surface area (Å²) in [7, 11) is 0. The molecule has 1 saturated heterocycles. The Bertz CT molecular complexity index is 397. The van der Waals surface area contributed by atoms with Crippen LogP contribution in [0, 0.1) is 0 Å². The highest BCUT2D eigenvalue weighted by atomic mass is 35.5. The molecule has 1 aromatic rings. The zero-order valence-corrected chi connectivity index (χ0v) is 12.3. The average Bonchev–Trinajstić information content (AvgIpc) is 2.37. The molecule has 1 fully saturated rings. The van der Waals surface area contributed by atoms with Crippen molar-refractivity contribution in [2.24, 2.45) is 0 Å². The minimum absolute atomic E-state index is 0. The Kier molecular flexibility index (Phi) is 6.92. The average molecular weight is 283 g/mol. The minimum atomic E-state index is 0. The normalized spacial score (nSPS) is 19.5. The molecule has 0 aromatic heterocycles. The summed E-state index contributed by atoms with van der Waals surface area (Å²) in [4.78, 5) is 2.48. The third-order valence-corrected chi connectivity index (χ3v) is 3.13. The van der Waals surface area contributed by atoms with Crippen LogP contribution in [0.3, 0.4) is 0 Å². The molecule has 0 saturated carbocycles. The number of nitrogens with one attached hydrogen (secondary N) is 1. The number of hydrogen-bond acceptors (Lipinski definition) is 3. The van der Waals surface area contributed by atoms with Gasteiger partial charge in [-0.2, -0.15) is 0 Å². The van der Waals surface area contributed by atoms with Crippen molar-refractivity contribution in [2.45, 2.75) is 19.5 Å². The van der Waals surface area contributed by atoms with Gasteiger partial charge >= 0.3 is 0 Å². The van der Waals surface area contributed by atoms with E-state index >= 15 is 0 Å². The van der Waals surface area contributed by atoms with Crippen LogP contribution in [0.25, 0.3) is 0 Å². The van der Waals surface area contributed by atoms with Gasteiger partial charge in [0, 0.05) is 32.2 Å². The van der Waals surface area contributed by atoms with Gasteiger partial charge in [0.2, 0.25) is 0 Å². The van der Waals surface area contributed by atoms with E-state index in [0.717, 1.165) is 31.9 Å². The Labute approximate surface area is 122 Å². The molecule has 1 unspecified atom stereocenters. The molecular weight excluding hydrogens is 260 g/mol. The van der Waals surface area contributed by atoms with Crippen molar-refractivity contribution in [2.75, 3.05) is 26.2 Å². The van der Waals surface area contributed by atoms with Gasteiger partial charge in [-0.15, -0.1) is 12.4 Å². The first kappa shape index (κ1) is 16.0. The fourth-order valence-corrected chi connectivity index (χ4v) is 2.30. The largest absolute Gasteiger partial charge is 0.490 e. The Morgan fingerprint density at radius 1 is 1.53 bits per heavy atom. The smallest absolute Gasteiger partial charge is 0.120 e. The summed E-state index contributed by atoms with van der Waals surface area (Å²) in [6, 6.07) is 8.91. The topological polar surface area (TPSA) is 24.5 Å². The van der Waals surface area contributed by atoms with Crippen molar-refractivity contribution in [1.82, 2.24) is 10.2 Å². The number of rotatable bonds is 5. The quantitative estimate of drug-likeness (QED) is 0.840. The predicted octanol–water partition coefficient (Wildman–Crippen LogP) is 2.47. The zero-order valence-electron chi connectivity index (χ0n) is 11.5. The van der Waals surface area contributed by atoms with Crippen molar-refractivity contribution in [3.63, 3.8) is 0 Å². The van der Waals surface area contributed by atoms with Gasteiger partial charge in [0.1, 0.15) is 12.4 Å². The van der Waals surface area contributed by atoms with Crippen LogP contribution >= 0.6 is 12.4 Å². The van der Waals surface area contributed by atoms with Crippen LogP contribution in [0.1, 0.15) is 12.5 Å². The van der Waals surface area contributed by atoms with Crippen LogP contribution in [-0.4, -0.2) is 37.2 Å². The summed E-state index contributed by atoms with van der Waals surface area (Å²) in [5, 5.41) is 3.46. The minimum Gasteiger partial charge on any atom is -0.490 e. The van der Waals surface area contributed by atoms with Crippen LogP contribution in [-0.2, 0) is 6.54 Å². The van der Waals surface area contributed by atoms with Crippen molar-refractivity contribution in [1.29, 1.82) is 0 Å². The van der Waals surface area contributed by atoms with Gasteiger partial charge in [-0.25, -0.2) is 0 Å². The fraction of sp³-hybridized carbons (Fsp3) is 0.467. The van der Waals surface area contributed by atoms with Crippen molar-refractivity contribution >= 4 is 12.4 Å². The van der Waals surface area contributed by atoms with Crippen molar-refractivity contribution in [3.05, 3.63) is 42.5 Å². The molecule has 0 bridgehead atoms. The van der Waals surface area contributed by atoms with E-state index in [1.54, 1.807) is 6.08 Å². The molecule has 4 heteroatoms. The first-order valence-electron chi connectivity index (χ1n) is 6.56. The SMILES string of the molecule is C=CCOc1cccc(CN2CCNC(C)C2)c1.Cl. The van der Waals surface area contributed by atoms with Crippen LogP contribution < -0.4 is 10.1 Å². The summed E-state index contributed by atoms with van der Waals surface area (Å²) in [5.41, 5.74) is 1.31. The van der Waals surface area contributed by atoms with Gasteiger partial charge in [0.25, 0.3) is 0 Å². The fourth-order valence-electron chi connectivity index (χ4n) is 2.30. The molecule has 1 atom stereocenters. The summed E-state index contributed by atoms with van der Waals surface area (Å²) < 4.78 is 5.56. The lowest BCUT2D eigenvalue weighted by molar-refractivity contribution is 0.199. The lowest BCUT2D eigenvalue weighted by Crippen LogP contribution is -2.48. The van der Waals surface area contributed by atoms with E-state index in [2.05, 4.69) is 41.9 Å². The first-order valence-corrected chi connectivity index (χ1v) is 6.56. The van der Waals surface area contributed by atoms with Gasteiger partial charge in [-0.05, 0) is 24.6 Å². The summed E-state index contributed by atoms with van der Waals surface area (Å²) in [6.45, 7) is 10.8. The van der Waals surface area contributed by atoms with E-state index in [-0.39, 0.29) is 12.4 Å². The molecule has 0 spiro atoms. The maximum absolute atomic E-state index is 5.56. The maximum Gasteiger partial charge on any atom is 0.120 e. The van der Waals surface area contributed by atoms with Crippen LogP contribution in [0.5, 0.6) is 5.75 Å².